The zero-order valence-electron chi connectivity index (χ0n) is 12.7. The number of anilines is 1. The first kappa shape index (κ1) is 14.0. The summed E-state index contributed by atoms with van der Waals surface area (Å²) in [4.78, 5) is 16.9. The first-order valence-corrected chi connectivity index (χ1v) is 8.00. The molecule has 2 heterocycles. The Kier molecular flexibility index (Phi) is 3.20. The van der Waals surface area contributed by atoms with Crippen molar-refractivity contribution in [2.45, 2.75) is 13.8 Å². The van der Waals surface area contributed by atoms with Gasteiger partial charge < -0.3 is 9.47 Å². The second kappa shape index (κ2) is 5.24. The second-order valence-electron chi connectivity index (χ2n) is 5.46. The molecule has 1 aromatic heterocycles. The summed E-state index contributed by atoms with van der Waals surface area (Å²) >= 11 is 1.42. The molecule has 0 saturated heterocycles. The molecule has 0 radical (unpaired) electrons. The van der Waals surface area contributed by atoms with Crippen LogP contribution in [0.5, 0.6) is 11.5 Å². The van der Waals surface area contributed by atoms with Gasteiger partial charge in [0.05, 0.1) is 10.2 Å². The summed E-state index contributed by atoms with van der Waals surface area (Å²) in [5, 5.41) is 3.43. The molecule has 0 aliphatic carbocycles. The van der Waals surface area contributed by atoms with Gasteiger partial charge in [-0.3, -0.25) is 10.1 Å². The Morgan fingerprint density at radius 3 is 2.74 bits per heavy atom. The van der Waals surface area contributed by atoms with Gasteiger partial charge >= 0.3 is 0 Å². The molecule has 0 unspecified atom stereocenters. The van der Waals surface area contributed by atoms with Gasteiger partial charge in [0.1, 0.15) is 0 Å². The van der Waals surface area contributed by atoms with Crippen molar-refractivity contribution >= 4 is 32.6 Å². The van der Waals surface area contributed by atoms with E-state index in [4.69, 9.17) is 9.47 Å². The number of hydrogen-bond donors (Lipinski definition) is 1. The van der Waals surface area contributed by atoms with E-state index >= 15 is 0 Å². The topological polar surface area (TPSA) is 60.5 Å². The lowest BCUT2D eigenvalue weighted by molar-refractivity contribution is 0.102. The molecule has 1 aliphatic rings. The Hall–Kier alpha value is -2.60. The molecule has 0 saturated carbocycles. The molecule has 0 atom stereocenters. The predicted octanol–water partition coefficient (Wildman–Crippen LogP) is 3.89. The fourth-order valence-corrected chi connectivity index (χ4v) is 3.48. The number of amides is 1. The van der Waals surface area contributed by atoms with Gasteiger partial charge in [-0.25, -0.2) is 4.98 Å². The number of benzene rings is 2. The number of nitrogens with one attached hydrogen (secondary N) is 1. The number of carbonyl (C=O) groups excluding carboxylic acids is 1. The van der Waals surface area contributed by atoms with Gasteiger partial charge in [0.2, 0.25) is 6.79 Å². The second-order valence-corrected chi connectivity index (χ2v) is 6.50. The fourth-order valence-electron chi connectivity index (χ4n) is 2.60. The summed E-state index contributed by atoms with van der Waals surface area (Å²) in [5.41, 5.74) is 3.53. The zero-order chi connectivity index (χ0) is 16.0. The van der Waals surface area contributed by atoms with Gasteiger partial charge in [-0.05, 0) is 25.5 Å². The minimum atomic E-state index is -0.151. The summed E-state index contributed by atoms with van der Waals surface area (Å²) in [7, 11) is 0. The highest BCUT2D eigenvalue weighted by Gasteiger charge is 2.17. The Bertz CT molecular complexity index is 892. The molecule has 1 aliphatic heterocycles. The van der Waals surface area contributed by atoms with Crippen molar-refractivity contribution in [2.24, 2.45) is 0 Å². The highest BCUT2D eigenvalue weighted by atomic mass is 32.1. The lowest BCUT2D eigenvalue weighted by Gasteiger charge is -2.06. The number of fused-ring (bicyclic) bond motifs is 2. The summed E-state index contributed by atoms with van der Waals surface area (Å²) in [6, 6.07) is 9.48. The first-order valence-electron chi connectivity index (χ1n) is 7.19. The van der Waals surface area contributed by atoms with Crippen molar-refractivity contribution in [1.29, 1.82) is 0 Å². The highest BCUT2D eigenvalue weighted by molar-refractivity contribution is 7.22. The SMILES string of the molecule is Cc1ccc(C(=O)Nc2nc3cc4c(cc3s2)OCO4)c(C)c1. The molecule has 3 aromatic rings. The zero-order valence-corrected chi connectivity index (χ0v) is 13.5. The van der Waals surface area contributed by atoms with E-state index in [1.54, 1.807) is 0 Å². The lowest BCUT2D eigenvalue weighted by atomic mass is 10.1. The number of hydrogen-bond acceptors (Lipinski definition) is 5. The average Bonchev–Trinajstić information content (AvgIpc) is 3.09. The number of carbonyl (C=O) groups is 1. The van der Waals surface area contributed by atoms with Gasteiger partial charge in [0.25, 0.3) is 5.91 Å². The van der Waals surface area contributed by atoms with Crippen molar-refractivity contribution in [3.63, 3.8) is 0 Å². The first-order chi connectivity index (χ1) is 11.1. The lowest BCUT2D eigenvalue weighted by Crippen LogP contribution is -2.13. The highest BCUT2D eigenvalue weighted by Crippen LogP contribution is 2.39. The van der Waals surface area contributed by atoms with E-state index in [0.29, 0.717) is 22.2 Å². The van der Waals surface area contributed by atoms with Crippen molar-refractivity contribution in [3.8, 4) is 11.5 Å². The minimum absolute atomic E-state index is 0.151. The van der Waals surface area contributed by atoms with Crippen LogP contribution in [0.2, 0.25) is 0 Å². The van der Waals surface area contributed by atoms with E-state index in [1.807, 2.05) is 44.2 Å². The van der Waals surface area contributed by atoms with Gasteiger partial charge in [-0.2, -0.15) is 0 Å². The van der Waals surface area contributed by atoms with E-state index in [0.717, 1.165) is 21.3 Å². The number of aromatic nitrogens is 1. The summed E-state index contributed by atoms with van der Waals surface area (Å²) < 4.78 is 11.7. The van der Waals surface area contributed by atoms with Crippen LogP contribution in [-0.2, 0) is 0 Å². The van der Waals surface area contributed by atoms with E-state index in [1.165, 1.54) is 11.3 Å². The summed E-state index contributed by atoms with van der Waals surface area (Å²) in [5.74, 6) is 1.25. The van der Waals surface area contributed by atoms with Crippen LogP contribution in [0.15, 0.2) is 30.3 Å². The molecule has 116 valence electrons. The largest absolute Gasteiger partial charge is 0.454 e. The van der Waals surface area contributed by atoms with Gasteiger partial charge in [0.15, 0.2) is 16.6 Å². The molecule has 1 N–H and O–H groups in total. The number of thiazole rings is 1. The Morgan fingerprint density at radius 1 is 1.17 bits per heavy atom. The van der Waals surface area contributed by atoms with Crippen LogP contribution >= 0.6 is 11.3 Å². The average molecular weight is 326 g/mol. The van der Waals surface area contributed by atoms with Crippen LogP contribution in [0.4, 0.5) is 5.13 Å². The maximum atomic E-state index is 12.4. The van der Waals surface area contributed by atoms with Crippen LogP contribution in [0.1, 0.15) is 21.5 Å². The van der Waals surface area contributed by atoms with E-state index in [9.17, 15) is 4.79 Å². The van der Waals surface area contributed by atoms with Gasteiger partial charge in [-0.15, -0.1) is 0 Å². The third kappa shape index (κ3) is 2.51. The van der Waals surface area contributed by atoms with Crippen molar-refractivity contribution in [1.82, 2.24) is 4.98 Å². The maximum Gasteiger partial charge on any atom is 0.257 e. The van der Waals surface area contributed by atoms with Crippen molar-refractivity contribution < 1.29 is 14.3 Å². The van der Waals surface area contributed by atoms with Crippen LogP contribution in [0.3, 0.4) is 0 Å². The van der Waals surface area contributed by atoms with E-state index < -0.39 is 0 Å². The number of aryl methyl sites for hydroxylation is 2. The van der Waals surface area contributed by atoms with Crippen LogP contribution < -0.4 is 14.8 Å². The van der Waals surface area contributed by atoms with E-state index in [2.05, 4.69) is 10.3 Å². The normalized spacial score (nSPS) is 12.6. The van der Waals surface area contributed by atoms with Crippen molar-refractivity contribution in [2.75, 3.05) is 12.1 Å². The Labute approximate surface area is 136 Å². The molecule has 0 bridgehead atoms. The summed E-state index contributed by atoms with van der Waals surface area (Å²) in [6.07, 6.45) is 0. The molecule has 23 heavy (non-hydrogen) atoms. The number of ether oxygens (including phenoxy) is 2. The molecular formula is C17H14N2O3S. The quantitative estimate of drug-likeness (QED) is 0.776. The van der Waals surface area contributed by atoms with Gasteiger partial charge in [0, 0.05) is 17.7 Å². The maximum absolute atomic E-state index is 12.4. The third-order valence-electron chi connectivity index (χ3n) is 3.73. The molecule has 0 fully saturated rings. The Balaban J connectivity index is 1.63. The molecule has 4 rings (SSSR count). The summed E-state index contributed by atoms with van der Waals surface area (Å²) in [6.45, 7) is 4.17. The number of rotatable bonds is 2. The van der Waals surface area contributed by atoms with Crippen LogP contribution in [0, 0.1) is 13.8 Å². The molecule has 6 heteroatoms. The Morgan fingerprint density at radius 2 is 1.96 bits per heavy atom. The monoisotopic (exact) mass is 326 g/mol. The smallest absolute Gasteiger partial charge is 0.257 e. The predicted molar refractivity (Wildman–Crippen MR) is 89.6 cm³/mol. The molecule has 0 spiro atoms. The standard InChI is InChI=1S/C17H14N2O3S/c1-9-3-4-11(10(2)5-9)16(20)19-17-18-12-6-13-14(22-8-21-13)7-15(12)23-17/h3-7H,8H2,1-2H3,(H,18,19,20). The fraction of sp³-hybridized carbons (Fsp3) is 0.176. The molecular weight excluding hydrogens is 312 g/mol. The van der Waals surface area contributed by atoms with Gasteiger partial charge in [-0.1, -0.05) is 29.0 Å². The molecule has 1 amide bonds. The van der Waals surface area contributed by atoms with Crippen LogP contribution in [0.25, 0.3) is 10.2 Å². The van der Waals surface area contributed by atoms with E-state index in [-0.39, 0.29) is 12.7 Å². The molecule has 2 aromatic carbocycles. The van der Waals surface area contributed by atoms with Crippen molar-refractivity contribution in [3.05, 3.63) is 47.0 Å². The molecule has 5 nitrogen and oxygen atoms in total. The third-order valence-corrected chi connectivity index (χ3v) is 4.66. The number of nitrogens with zero attached hydrogens (tertiary/aromatic N) is 1. The van der Waals surface area contributed by atoms with Crippen LogP contribution in [-0.4, -0.2) is 17.7 Å². The minimum Gasteiger partial charge on any atom is -0.454 e.